The fourth-order valence-corrected chi connectivity index (χ4v) is 2.48. The number of aromatic amines is 1. The number of ether oxygens (including phenoxy) is 1. The number of nitrogens with zero attached hydrogens (tertiary/aromatic N) is 4. The van der Waals surface area contributed by atoms with Crippen molar-refractivity contribution in [3.05, 3.63) is 42.5 Å². The van der Waals surface area contributed by atoms with Crippen LogP contribution in [0.1, 0.15) is 21.1 Å². The highest BCUT2D eigenvalue weighted by Crippen LogP contribution is 2.14. The van der Waals surface area contributed by atoms with Crippen LogP contribution in [0.2, 0.25) is 0 Å². The highest BCUT2D eigenvalue weighted by molar-refractivity contribution is 5.92. The van der Waals surface area contributed by atoms with Crippen molar-refractivity contribution in [3.8, 4) is 0 Å². The quantitative estimate of drug-likeness (QED) is 0.635. The standard InChI is InChI=1S/C15H18N6O4/c22-13(11-7-16-1-2-17-11)20-8-15(24)9-21(5-6-25-10-15)14(23)12-18-3-4-19-12/h1-4,7,24H,5-6,8-10H2,(H,18,19)(H,20,22)/t15-/m0/s1. The van der Waals surface area contributed by atoms with Crippen LogP contribution < -0.4 is 5.32 Å². The number of amides is 2. The summed E-state index contributed by atoms with van der Waals surface area (Å²) in [5.74, 6) is -0.614. The summed E-state index contributed by atoms with van der Waals surface area (Å²) in [6, 6.07) is 0. The lowest BCUT2D eigenvalue weighted by Crippen LogP contribution is -2.53. The zero-order chi connectivity index (χ0) is 17.7. The first kappa shape index (κ1) is 17.0. The van der Waals surface area contributed by atoms with E-state index in [1.54, 1.807) is 6.20 Å². The molecule has 0 aliphatic carbocycles. The van der Waals surface area contributed by atoms with Gasteiger partial charge >= 0.3 is 0 Å². The summed E-state index contributed by atoms with van der Waals surface area (Å²) in [5.41, 5.74) is -1.28. The third-order valence-corrected chi connectivity index (χ3v) is 3.72. The van der Waals surface area contributed by atoms with E-state index in [0.717, 1.165) is 0 Å². The lowest BCUT2D eigenvalue weighted by Gasteiger charge is -2.30. The molecule has 0 bridgehead atoms. The van der Waals surface area contributed by atoms with E-state index >= 15 is 0 Å². The molecule has 3 rings (SSSR count). The summed E-state index contributed by atoms with van der Waals surface area (Å²) >= 11 is 0. The average molecular weight is 346 g/mol. The lowest BCUT2D eigenvalue weighted by atomic mass is 10.0. The van der Waals surface area contributed by atoms with Gasteiger partial charge in [0.1, 0.15) is 11.3 Å². The van der Waals surface area contributed by atoms with Crippen molar-refractivity contribution in [1.82, 2.24) is 30.2 Å². The molecule has 0 unspecified atom stereocenters. The second-order valence-electron chi connectivity index (χ2n) is 5.71. The van der Waals surface area contributed by atoms with E-state index in [2.05, 4.69) is 25.3 Å². The minimum Gasteiger partial charge on any atom is -0.384 e. The first-order valence-corrected chi connectivity index (χ1v) is 7.70. The Balaban J connectivity index is 1.64. The first-order chi connectivity index (χ1) is 12.1. The number of H-pyrrole nitrogens is 1. The molecule has 3 heterocycles. The maximum absolute atomic E-state index is 12.4. The number of imidazole rings is 1. The number of rotatable bonds is 4. The zero-order valence-corrected chi connectivity index (χ0v) is 13.4. The Bertz CT molecular complexity index is 723. The summed E-state index contributed by atoms with van der Waals surface area (Å²) in [6.07, 6.45) is 7.23. The van der Waals surface area contributed by atoms with E-state index in [4.69, 9.17) is 4.74 Å². The fourth-order valence-electron chi connectivity index (χ4n) is 2.48. The van der Waals surface area contributed by atoms with Crippen molar-refractivity contribution >= 4 is 11.8 Å². The number of carbonyl (C=O) groups is 2. The Kier molecular flexibility index (Phi) is 5.00. The molecule has 1 aliphatic heterocycles. The highest BCUT2D eigenvalue weighted by atomic mass is 16.5. The van der Waals surface area contributed by atoms with Crippen LogP contribution in [0, 0.1) is 0 Å². The summed E-state index contributed by atoms with van der Waals surface area (Å²) in [6.45, 7) is 0.514. The Hall–Kier alpha value is -2.85. The topological polar surface area (TPSA) is 133 Å². The van der Waals surface area contributed by atoms with Crippen molar-refractivity contribution in [2.45, 2.75) is 5.60 Å². The van der Waals surface area contributed by atoms with Gasteiger partial charge in [-0.3, -0.25) is 14.6 Å². The number of β-amino-alcohol motifs (C(OH)–C–C–N with tert-alkyl or cyclic N) is 1. The van der Waals surface area contributed by atoms with Gasteiger partial charge in [0.25, 0.3) is 11.8 Å². The van der Waals surface area contributed by atoms with Gasteiger partial charge in [-0.15, -0.1) is 0 Å². The van der Waals surface area contributed by atoms with Gasteiger partial charge in [-0.2, -0.15) is 0 Å². The molecule has 1 aliphatic rings. The molecule has 0 aromatic carbocycles. The molecule has 1 fully saturated rings. The largest absolute Gasteiger partial charge is 0.384 e. The molecule has 1 atom stereocenters. The van der Waals surface area contributed by atoms with E-state index in [1.807, 2.05) is 0 Å². The van der Waals surface area contributed by atoms with Crippen molar-refractivity contribution in [2.75, 3.05) is 32.8 Å². The van der Waals surface area contributed by atoms with Crippen LogP contribution in [-0.4, -0.2) is 80.2 Å². The van der Waals surface area contributed by atoms with Gasteiger partial charge in [-0.25, -0.2) is 9.97 Å². The molecule has 3 N–H and O–H groups in total. The molecule has 132 valence electrons. The van der Waals surface area contributed by atoms with Gasteiger partial charge in [0.15, 0.2) is 5.82 Å². The van der Waals surface area contributed by atoms with Crippen LogP contribution in [-0.2, 0) is 4.74 Å². The number of hydrogen-bond donors (Lipinski definition) is 3. The van der Waals surface area contributed by atoms with E-state index in [9.17, 15) is 14.7 Å². The predicted molar refractivity (Wildman–Crippen MR) is 84.6 cm³/mol. The van der Waals surface area contributed by atoms with Gasteiger partial charge in [0, 0.05) is 31.3 Å². The van der Waals surface area contributed by atoms with Crippen molar-refractivity contribution in [1.29, 1.82) is 0 Å². The minimum absolute atomic E-state index is 0.00428. The molecule has 2 aromatic heterocycles. The third kappa shape index (κ3) is 4.17. The number of aromatic nitrogens is 4. The number of nitrogens with one attached hydrogen (secondary N) is 2. The molecule has 0 radical (unpaired) electrons. The molecule has 25 heavy (non-hydrogen) atoms. The number of hydrogen-bond acceptors (Lipinski definition) is 7. The number of aliphatic hydroxyl groups is 1. The molecular formula is C15H18N6O4. The molecule has 2 aromatic rings. The Morgan fingerprint density at radius 3 is 2.96 bits per heavy atom. The summed E-state index contributed by atoms with van der Waals surface area (Å²) in [5, 5.41) is 13.4. The second kappa shape index (κ2) is 7.36. The molecule has 1 saturated heterocycles. The van der Waals surface area contributed by atoms with E-state index in [0.29, 0.717) is 6.54 Å². The van der Waals surface area contributed by atoms with E-state index in [-0.39, 0.29) is 43.7 Å². The molecule has 0 saturated carbocycles. The van der Waals surface area contributed by atoms with Crippen molar-refractivity contribution in [2.24, 2.45) is 0 Å². The second-order valence-corrected chi connectivity index (χ2v) is 5.71. The zero-order valence-electron chi connectivity index (χ0n) is 13.4. The maximum atomic E-state index is 12.4. The molecule has 0 spiro atoms. The van der Waals surface area contributed by atoms with Crippen LogP contribution in [0.15, 0.2) is 31.0 Å². The van der Waals surface area contributed by atoms with Gasteiger partial charge in [-0.1, -0.05) is 0 Å². The molecule has 10 nitrogen and oxygen atoms in total. The van der Waals surface area contributed by atoms with Crippen LogP contribution in [0.3, 0.4) is 0 Å². The molecular weight excluding hydrogens is 328 g/mol. The van der Waals surface area contributed by atoms with Crippen molar-refractivity contribution < 1.29 is 19.4 Å². The van der Waals surface area contributed by atoms with E-state index < -0.39 is 11.5 Å². The van der Waals surface area contributed by atoms with Crippen LogP contribution in [0.25, 0.3) is 0 Å². The summed E-state index contributed by atoms with van der Waals surface area (Å²) < 4.78 is 5.39. The Morgan fingerprint density at radius 1 is 1.36 bits per heavy atom. The van der Waals surface area contributed by atoms with E-state index in [1.165, 1.54) is 29.7 Å². The fraction of sp³-hybridized carbons (Fsp3) is 0.400. The first-order valence-electron chi connectivity index (χ1n) is 7.70. The highest BCUT2D eigenvalue weighted by Gasteiger charge is 2.35. The van der Waals surface area contributed by atoms with Gasteiger partial charge in [0.05, 0.1) is 32.5 Å². The van der Waals surface area contributed by atoms with Gasteiger partial charge in [-0.05, 0) is 0 Å². The third-order valence-electron chi connectivity index (χ3n) is 3.72. The normalized spacial score (nSPS) is 20.8. The average Bonchev–Trinajstić information content (AvgIpc) is 3.10. The Morgan fingerprint density at radius 2 is 2.24 bits per heavy atom. The lowest BCUT2D eigenvalue weighted by molar-refractivity contribution is -0.0325. The molecule has 2 amide bonds. The number of carbonyl (C=O) groups excluding carboxylic acids is 2. The van der Waals surface area contributed by atoms with Crippen molar-refractivity contribution in [3.63, 3.8) is 0 Å². The van der Waals surface area contributed by atoms with Crippen LogP contribution in [0.5, 0.6) is 0 Å². The SMILES string of the molecule is O=C(NC[C@@]1(O)COCCN(C(=O)c2ncc[nH]2)C1)c1cnccn1. The van der Waals surface area contributed by atoms with Gasteiger partial charge < -0.3 is 25.0 Å². The van der Waals surface area contributed by atoms with Crippen LogP contribution in [0.4, 0.5) is 0 Å². The maximum Gasteiger partial charge on any atom is 0.289 e. The van der Waals surface area contributed by atoms with Gasteiger partial charge in [0.2, 0.25) is 0 Å². The summed E-state index contributed by atoms with van der Waals surface area (Å²) in [4.78, 5) is 40.3. The monoisotopic (exact) mass is 346 g/mol. The minimum atomic E-state index is -1.42. The van der Waals surface area contributed by atoms with Crippen LogP contribution >= 0.6 is 0 Å². The smallest absolute Gasteiger partial charge is 0.289 e. The predicted octanol–water partition coefficient (Wildman–Crippen LogP) is -1.17. The Labute approximate surface area is 143 Å². The summed E-state index contributed by atoms with van der Waals surface area (Å²) in [7, 11) is 0. The molecule has 10 heteroatoms.